The number of benzene rings is 1. The van der Waals surface area contributed by atoms with Crippen molar-refractivity contribution < 1.29 is 9.22 Å². The second-order valence-electron chi connectivity index (χ2n) is 6.43. The Morgan fingerprint density at radius 2 is 1.68 bits per heavy atom. The lowest BCUT2D eigenvalue weighted by Gasteiger charge is -2.34. The van der Waals surface area contributed by atoms with Crippen molar-refractivity contribution in [2.45, 2.75) is 45.8 Å². The van der Waals surface area contributed by atoms with Crippen molar-refractivity contribution in [2.24, 2.45) is 0 Å². The second kappa shape index (κ2) is 5.74. The second-order valence-corrected chi connectivity index (χ2v) is 11.2. The third kappa shape index (κ3) is 4.67. The van der Waals surface area contributed by atoms with Crippen molar-refractivity contribution in [3.63, 3.8) is 0 Å². The summed E-state index contributed by atoms with van der Waals surface area (Å²) < 4.78 is 5.66. The van der Waals surface area contributed by atoms with Crippen LogP contribution in [0.4, 0.5) is 0 Å². The van der Waals surface area contributed by atoms with E-state index in [1.54, 1.807) is 6.08 Å². The first-order chi connectivity index (χ1) is 8.62. The molecular formula is C16H24O2Si. The molecule has 1 rings (SSSR count). The number of carbonyl (C=O) groups excluding carboxylic acids is 1. The van der Waals surface area contributed by atoms with Gasteiger partial charge in [-0.3, -0.25) is 0 Å². The van der Waals surface area contributed by atoms with Crippen molar-refractivity contribution >= 4 is 20.4 Å². The zero-order valence-electron chi connectivity index (χ0n) is 12.8. The molecule has 0 fully saturated rings. The maximum atomic E-state index is 11.9. The van der Waals surface area contributed by atoms with Crippen LogP contribution in [0.5, 0.6) is 0 Å². The molecule has 19 heavy (non-hydrogen) atoms. The Kier molecular flexibility index (Phi) is 4.74. The van der Waals surface area contributed by atoms with Crippen molar-refractivity contribution in [3.8, 4) is 0 Å². The summed E-state index contributed by atoms with van der Waals surface area (Å²) in [5, 5.41) is 0.0420. The Morgan fingerprint density at radius 1 is 1.16 bits per heavy atom. The molecule has 1 aromatic carbocycles. The van der Waals surface area contributed by atoms with E-state index in [0.29, 0.717) is 0 Å². The highest BCUT2D eigenvalue weighted by atomic mass is 28.4. The van der Waals surface area contributed by atoms with Gasteiger partial charge in [0.1, 0.15) is 0 Å². The highest BCUT2D eigenvalue weighted by molar-refractivity contribution is 6.75. The van der Waals surface area contributed by atoms with Gasteiger partial charge in [0, 0.05) is 6.08 Å². The molecule has 0 aromatic heterocycles. The molecule has 2 nitrogen and oxygen atoms in total. The Hall–Kier alpha value is -1.35. The lowest BCUT2D eigenvalue weighted by molar-refractivity contribution is -0.129. The number of aryl methyl sites for hydroxylation is 1. The molecule has 1 aromatic rings. The fraction of sp³-hybridized carbons (Fsp3) is 0.438. The lowest BCUT2D eigenvalue weighted by atomic mass is 10.1. The summed E-state index contributed by atoms with van der Waals surface area (Å²) in [5.74, 6) is -0.243. The van der Waals surface area contributed by atoms with Crippen LogP contribution in [-0.4, -0.2) is 14.3 Å². The fourth-order valence-corrected chi connectivity index (χ4v) is 2.16. The molecular weight excluding hydrogens is 252 g/mol. The molecule has 0 radical (unpaired) electrons. The van der Waals surface area contributed by atoms with Gasteiger partial charge < -0.3 is 4.43 Å². The molecule has 104 valence electrons. The van der Waals surface area contributed by atoms with Crippen LogP contribution in [0.25, 0.3) is 6.08 Å². The maximum Gasteiger partial charge on any atom is 0.317 e. The van der Waals surface area contributed by atoms with Crippen molar-refractivity contribution in [1.82, 2.24) is 0 Å². The minimum atomic E-state index is -2.02. The SMILES string of the molecule is Cc1ccc(/C=C/C(=O)O[Si](C)(C)C(C)(C)C)cc1. The number of hydrogen-bond acceptors (Lipinski definition) is 2. The van der Waals surface area contributed by atoms with Crippen LogP contribution in [0.1, 0.15) is 31.9 Å². The van der Waals surface area contributed by atoms with Crippen molar-refractivity contribution in [1.29, 1.82) is 0 Å². The normalized spacial score (nSPS) is 12.7. The molecule has 0 bridgehead atoms. The summed E-state index contributed by atoms with van der Waals surface area (Å²) in [5.41, 5.74) is 2.22. The third-order valence-corrected chi connectivity index (χ3v) is 7.98. The molecule has 0 aliphatic carbocycles. The Bertz CT molecular complexity index is 465. The van der Waals surface area contributed by atoms with E-state index in [1.807, 2.05) is 31.2 Å². The summed E-state index contributed by atoms with van der Waals surface area (Å²) in [4.78, 5) is 11.9. The van der Waals surface area contributed by atoms with Gasteiger partial charge in [-0.15, -0.1) is 0 Å². The van der Waals surface area contributed by atoms with Gasteiger partial charge in [-0.2, -0.15) is 0 Å². The Morgan fingerprint density at radius 3 is 2.16 bits per heavy atom. The van der Waals surface area contributed by atoms with E-state index < -0.39 is 8.32 Å². The summed E-state index contributed by atoms with van der Waals surface area (Å²) in [6.07, 6.45) is 3.32. The molecule has 0 amide bonds. The molecule has 0 saturated heterocycles. The van der Waals surface area contributed by atoms with E-state index in [1.165, 1.54) is 11.6 Å². The summed E-state index contributed by atoms with van der Waals surface area (Å²) >= 11 is 0. The monoisotopic (exact) mass is 276 g/mol. The van der Waals surface area contributed by atoms with Crippen LogP contribution in [0, 0.1) is 6.92 Å². The fourth-order valence-electron chi connectivity index (χ4n) is 1.28. The predicted molar refractivity (Wildman–Crippen MR) is 83.5 cm³/mol. The molecule has 0 aliphatic heterocycles. The largest absolute Gasteiger partial charge is 0.516 e. The zero-order chi connectivity index (χ0) is 14.7. The predicted octanol–water partition coefficient (Wildman–Crippen LogP) is 4.56. The van der Waals surface area contributed by atoms with Gasteiger partial charge in [0.2, 0.25) is 0 Å². The average Bonchev–Trinajstić information content (AvgIpc) is 2.26. The smallest absolute Gasteiger partial charge is 0.317 e. The van der Waals surface area contributed by atoms with Crippen LogP contribution in [0.15, 0.2) is 30.3 Å². The van der Waals surface area contributed by atoms with E-state index >= 15 is 0 Å². The molecule has 0 heterocycles. The van der Waals surface area contributed by atoms with Crippen LogP contribution in [0.2, 0.25) is 18.1 Å². The van der Waals surface area contributed by atoms with Gasteiger partial charge >= 0.3 is 5.97 Å². The standard InChI is InChI=1S/C16H24O2Si/c1-13-7-9-14(10-8-13)11-12-15(17)18-19(5,6)16(2,3)4/h7-12H,1-6H3/b12-11+. The van der Waals surface area contributed by atoms with E-state index in [2.05, 4.69) is 33.9 Å². The van der Waals surface area contributed by atoms with E-state index in [0.717, 1.165) is 5.56 Å². The average molecular weight is 276 g/mol. The molecule has 3 heteroatoms. The summed E-state index contributed by atoms with van der Waals surface area (Å²) in [6.45, 7) is 12.6. The van der Waals surface area contributed by atoms with Crippen LogP contribution >= 0.6 is 0 Å². The van der Waals surface area contributed by atoms with Crippen LogP contribution in [-0.2, 0) is 9.22 Å². The van der Waals surface area contributed by atoms with E-state index in [9.17, 15) is 4.79 Å². The number of carbonyl (C=O) groups is 1. The minimum absolute atomic E-state index is 0.0420. The first-order valence-electron chi connectivity index (χ1n) is 6.59. The molecule has 0 N–H and O–H groups in total. The van der Waals surface area contributed by atoms with Gasteiger partial charge in [-0.05, 0) is 36.7 Å². The summed E-state index contributed by atoms with van der Waals surface area (Å²) in [6, 6.07) is 8.04. The number of rotatable bonds is 3. The van der Waals surface area contributed by atoms with Crippen LogP contribution in [0.3, 0.4) is 0 Å². The quantitative estimate of drug-likeness (QED) is 0.597. The van der Waals surface area contributed by atoms with E-state index in [4.69, 9.17) is 4.43 Å². The first-order valence-corrected chi connectivity index (χ1v) is 9.50. The molecule has 0 atom stereocenters. The van der Waals surface area contributed by atoms with Gasteiger partial charge in [-0.1, -0.05) is 50.6 Å². The molecule has 0 aliphatic rings. The van der Waals surface area contributed by atoms with Crippen molar-refractivity contribution in [3.05, 3.63) is 41.5 Å². The highest BCUT2D eigenvalue weighted by Crippen LogP contribution is 2.36. The molecule has 0 unspecified atom stereocenters. The third-order valence-electron chi connectivity index (χ3n) is 3.65. The Balaban J connectivity index is 2.68. The van der Waals surface area contributed by atoms with Gasteiger partial charge in [0.25, 0.3) is 8.32 Å². The maximum absolute atomic E-state index is 11.9. The topological polar surface area (TPSA) is 26.3 Å². The Labute approximate surface area is 117 Å². The van der Waals surface area contributed by atoms with Crippen molar-refractivity contribution in [2.75, 3.05) is 0 Å². The van der Waals surface area contributed by atoms with Gasteiger partial charge in [0.15, 0.2) is 0 Å². The number of hydrogen-bond donors (Lipinski definition) is 0. The lowest BCUT2D eigenvalue weighted by Crippen LogP contribution is -2.42. The summed E-state index contributed by atoms with van der Waals surface area (Å²) in [7, 11) is -2.02. The molecule has 0 saturated carbocycles. The van der Waals surface area contributed by atoms with Gasteiger partial charge in [0.05, 0.1) is 0 Å². The van der Waals surface area contributed by atoms with Crippen LogP contribution < -0.4 is 0 Å². The minimum Gasteiger partial charge on any atom is -0.516 e. The highest BCUT2D eigenvalue weighted by Gasteiger charge is 2.39. The first kappa shape index (κ1) is 15.7. The van der Waals surface area contributed by atoms with Gasteiger partial charge in [-0.25, -0.2) is 4.79 Å². The molecule has 0 spiro atoms. The zero-order valence-corrected chi connectivity index (χ0v) is 13.8. The van der Waals surface area contributed by atoms with E-state index in [-0.39, 0.29) is 11.0 Å².